The molecule has 0 saturated carbocycles. The molecule has 4 rings (SSSR count). The number of halogens is 1. The van der Waals surface area contributed by atoms with Crippen LogP contribution in [0.15, 0.2) is 24.3 Å². The van der Waals surface area contributed by atoms with Gasteiger partial charge in [-0.05, 0) is 53.3 Å². The first kappa shape index (κ1) is 15.6. The molecule has 4 nitrogen and oxygen atoms in total. The van der Waals surface area contributed by atoms with Gasteiger partial charge in [0.1, 0.15) is 5.75 Å². The van der Waals surface area contributed by atoms with Crippen molar-refractivity contribution in [3.8, 4) is 28.4 Å². The lowest BCUT2D eigenvalue weighted by atomic mass is 9.76. The smallest absolute Gasteiger partial charge is 0.165 e. The second-order valence-electron chi connectivity index (χ2n) is 6.41. The molecule has 0 amide bonds. The fraction of sp³-hybridized carbons (Fsp3) is 0.368. The van der Waals surface area contributed by atoms with Crippen molar-refractivity contribution in [2.75, 3.05) is 26.1 Å². The van der Waals surface area contributed by atoms with Crippen LogP contribution < -0.4 is 4.74 Å². The van der Waals surface area contributed by atoms with Gasteiger partial charge in [0.2, 0.25) is 0 Å². The highest BCUT2D eigenvalue weighted by atomic mass is 35.5. The Morgan fingerprint density at radius 3 is 2.83 bits per heavy atom. The van der Waals surface area contributed by atoms with Crippen molar-refractivity contribution in [2.45, 2.75) is 18.9 Å². The zero-order chi connectivity index (χ0) is 16.8. The molecule has 2 aliphatic rings. The predicted molar refractivity (Wildman–Crippen MR) is 94.2 cm³/mol. The number of nitrogens with zero attached hydrogens (tertiary/aromatic N) is 1. The van der Waals surface area contributed by atoms with Crippen molar-refractivity contribution in [1.29, 1.82) is 0 Å². The highest BCUT2D eigenvalue weighted by Crippen LogP contribution is 2.51. The van der Waals surface area contributed by atoms with E-state index in [1.807, 2.05) is 12.1 Å². The van der Waals surface area contributed by atoms with Gasteiger partial charge in [0.05, 0.1) is 7.11 Å². The normalized spacial score (nSPS) is 18.8. The van der Waals surface area contributed by atoms with E-state index in [0.29, 0.717) is 11.6 Å². The molecular formula is C19H20ClNO3. The lowest BCUT2D eigenvalue weighted by molar-refractivity contribution is 0.193. The standard InChI is InChI=1S/C19H20ClNO3/c1-24-16-3-2-11-9-15-17-12(4-6-21(15)7-5-20)8-13(22)10-14(17)18(11)19(16)23/h2-3,8,10,15,22-23H,4-7,9H2,1H3/t15-/m0/s1. The third kappa shape index (κ3) is 2.25. The number of hydrogen-bond donors (Lipinski definition) is 2. The monoisotopic (exact) mass is 345 g/mol. The van der Waals surface area contributed by atoms with Crippen LogP contribution in [-0.4, -0.2) is 41.2 Å². The Morgan fingerprint density at radius 1 is 1.25 bits per heavy atom. The van der Waals surface area contributed by atoms with Gasteiger partial charge in [-0.15, -0.1) is 11.6 Å². The van der Waals surface area contributed by atoms with E-state index in [-0.39, 0.29) is 17.5 Å². The molecule has 2 aromatic carbocycles. The summed E-state index contributed by atoms with van der Waals surface area (Å²) in [5.74, 6) is 1.44. The first-order chi connectivity index (χ1) is 11.6. The zero-order valence-electron chi connectivity index (χ0n) is 13.6. The molecule has 126 valence electrons. The molecule has 24 heavy (non-hydrogen) atoms. The number of phenols is 2. The van der Waals surface area contributed by atoms with E-state index in [9.17, 15) is 10.2 Å². The van der Waals surface area contributed by atoms with Crippen LogP contribution in [0.4, 0.5) is 0 Å². The number of benzene rings is 2. The average Bonchev–Trinajstić information content (AvgIpc) is 2.57. The molecule has 1 heterocycles. The van der Waals surface area contributed by atoms with Gasteiger partial charge in [0, 0.05) is 30.6 Å². The minimum absolute atomic E-state index is 0.149. The quantitative estimate of drug-likeness (QED) is 0.836. The van der Waals surface area contributed by atoms with Gasteiger partial charge in [-0.1, -0.05) is 6.07 Å². The van der Waals surface area contributed by atoms with Crippen LogP contribution in [0.5, 0.6) is 17.2 Å². The van der Waals surface area contributed by atoms with E-state index >= 15 is 0 Å². The zero-order valence-corrected chi connectivity index (χ0v) is 14.3. The van der Waals surface area contributed by atoms with Crippen molar-refractivity contribution in [3.63, 3.8) is 0 Å². The molecule has 0 aromatic heterocycles. The van der Waals surface area contributed by atoms with Crippen molar-refractivity contribution in [1.82, 2.24) is 4.90 Å². The molecule has 0 radical (unpaired) electrons. The van der Waals surface area contributed by atoms with Gasteiger partial charge in [0.15, 0.2) is 11.5 Å². The van der Waals surface area contributed by atoms with Crippen LogP contribution in [0, 0.1) is 0 Å². The Labute approximate surface area is 146 Å². The van der Waals surface area contributed by atoms with Crippen LogP contribution in [0.1, 0.15) is 22.7 Å². The Balaban J connectivity index is 1.96. The number of phenolic OH excluding ortho intramolecular Hbond substituents is 2. The van der Waals surface area contributed by atoms with Crippen LogP contribution in [0.2, 0.25) is 0 Å². The van der Waals surface area contributed by atoms with Gasteiger partial charge in [-0.2, -0.15) is 0 Å². The van der Waals surface area contributed by atoms with Gasteiger partial charge >= 0.3 is 0 Å². The minimum atomic E-state index is 0.149. The number of aromatic hydroxyl groups is 2. The van der Waals surface area contributed by atoms with E-state index in [1.165, 1.54) is 5.56 Å². The first-order valence-electron chi connectivity index (χ1n) is 8.19. The molecule has 1 aliphatic heterocycles. The topological polar surface area (TPSA) is 52.9 Å². The summed E-state index contributed by atoms with van der Waals surface area (Å²) in [6.07, 6.45) is 1.71. The number of rotatable bonds is 3. The Hall–Kier alpha value is -1.91. The summed E-state index contributed by atoms with van der Waals surface area (Å²) in [5, 5.41) is 20.8. The maximum Gasteiger partial charge on any atom is 0.165 e. The van der Waals surface area contributed by atoms with Gasteiger partial charge in [-0.25, -0.2) is 0 Å². The second-order valence-corrected chi connectivity index (χ2v) is 6.79. The number of hydrogen-bond acceptors (Lipinski definition) is 4. The first-order valence-corrected chi connectivity index (χ1v) is 8.72. The van der Waals surface area contributed by atoms with Crippen LogP contribution in [-0.2, 0) is 12.8 Å². The summed E-state index contributed by atoms with van der Waals surface area (Å²) in [7, 11) is 1.55. The Kier molecular flexibility index (Phi) is 3.82. The van der Waals surface area contributed by atoms with Gasteiger partial charge in [-0.3, -0.25) is 4.90 Å². The predicted octanol–water partition coefficient (Wildman–Crippen LogP) is 3.47. The number of ether oxygens (including phenoxy) is 1. The summed E-state index contributed by atoms with van der Waals surface area (Å²) < 4.78 is 5.27. The average molecular weight is 346 g/mol. The summed E-state index contributed by atoms with van der Waals surface area (Å²) in [5.41, 5.74) is 5.13. The highest BCUT2D eigenvalue weighted by Gasteiger charge is 2.36. The maximum atomic E-state index is 10.7. The number of alkyl halides is 1. The molecule has 1 aliphatic carbocycles. The van der Waals surface area contributed by atoms with E-state index < -0.39 is 0 Å². The Bertz CT molecular complexity index is 806. The van der Waals surface area contributed by atoms with Crippen molar-refractivity contribution >= 4 is 11.6 Å². The lowest BCUT2D eigenvalue weighted by Gasteiger charge is -2.41. The maximum absolute atomic E-state index is 10.7. The summed E-state index contributed by atoms with van der Waals surface area (Å²) in [6.45, 7) is 1.77. The number of fused-ring (bicyclic) bond motifs is 2. The molecule has 0 saturated heterocycles. The third-order valence-corrected chi connectivity index (χ3v) is 5.36. The molecular weight excluding hydrogens is 326 g/mol. The molecule has 2 aromatic rings. The van der Waals surface area contributed by atoms with Crippen molar-refractivity contribution in [2.24, 2.45) is 0 Å². The largest absolute Gasteiger partial charge is 0.508 e. The van der Waals surface area contributed by atoms with Gasteiger partial charge < -0.3 is 14.9 Å². The SMILES string of the molecule is COc1ccc2c(c1O)-c1cc(O)cc3c1[C@H](C2)N(CCCl)CC3. The molecule has 0 unspecified atom stereocenters. The van der Waals surface area contributed by atoms with E-state index in [2.05, 4.69) is 4.90 Å². The summed E-state index contributed by atoms with van der Waals surface area (Å²) in [6, 6.07) is 7.66. The number of methoxy groups -OCH3 is 1. The fourth-order valence-electron chi connectivity index (χ4n) is 4.17. The van der Waals surface area contributed by atoms with E-state index in [4.69, 9.17) is 16.3 Å². The van der Waals surface area contributed by atoms with Crippen molar-refractivity contribution < 1.29 is 14.9 Å². The molecule has 0 bridgehead atoms. The van der Waals surface area contributed by atoms with Crippen LogP contribution in [0.3, 0.4) is 0 Å². The summed E-state index contributed by atoms with van der Waals surface area (Å²) >= 11 is 5.99. The van der Waals surface area contributed by atoms with Crippen molar-refractivity contribution in [3.05, 3.63) is 41.0 Å². The molecule has 5 heteroatoms. The van der Waals surface area contributed by atoms with E-state index in [1.54, 1.807) is 19.2 Å². The third-order valence-electron chi connectivity index (χ3n) is 5.19. The highest BCUT2D eigenvalue weighted by molar-refractivity contribution is 6.18. The molecule has 0 spiro atoms. The molecule has 0 fully saturated rings. The van der Waals surface area contributed by atoms with Crippen LogP contribution >= 0.6 is 11.6 Å². The van der Waals surface area contributed by atoms with Gasteiger partial charge in [0.25, 0.3) is 0 Å². The molecule has 2 N–H and O–H groups in total. The van der Waals surface area contributed by atoms with E-state index in [0.717, 1.165) is 48.2 Å². The van der Waals surface area contributed by atoms with Crippen LogP contribution in [0.25, 0.3) is 11.1 Å². The Morgan fingerprint density at radius 2 is 2.08 bits per heavy atom. The minimum Gasteiger partial charge on any atom is -0.508 e. The lowest BCUT2D eigenvalue weighted by Crippen LogP contribution is -2.39. The second kappa shape index (κ2) is 5.87. The molecule has 1 atom stereocenters. The fourth-order valence-corrected chi connectivity index (χ4v) is 4.39. The summed E-state index contributed by atoms with van der Waals surface area (Å²) in [4.78, 5) is 2.40.